The first-order valence-corrected chi connectivity index (χ1v) is 6.97. The molecule has 4 N–H and O–H groups in total. The van der Waals surface area contributed by atoms with E-state index in [1.165, 1.54) is 5.56 Å². The van der Waals surface area contributed by atoms with E-state index in [1.807, 2.05) is 24.3 Å². The molecule has 0 fully saturated rings. The van der Waals surface area contributed by atoms with Crippen LogP contribution in [-0.2, 0) is 6.54 Å². The lowest BCUT2D eigenvalue weighted by molar-refractivity contribution is 0.318. The highest BCUT2D eigenvalue weighted by atomic mass is 32.1. The molecule has 1 heterocycles. The second-order valence-electron chi connectivity index (χ2n) is 4.34. The van der Waals surface area contributed by atoms with Gasteiger partial charge in [-0.15, -0.1) is 0 Å². The summed E-state index contributed by atoms with van der Waals surface area (Å²) in [6.45, 7) is 2.87. The molecule has 5 heteroatoms. The molecular weight excluding hydrogens is 258 g/mol. The number of rotatable bonds is 5. The first-order chi connectivity index (χ1) is 9.20. The van der Waals surface area contributed by atoms with Crippen molar-refractivity contribution in [2.75, 3.05) is 0 Å². The highest BCUT2D eigenvalue weighted by Gasteiger charge is 2.06. The molecule has 0 saturated heterocycles. The van der Waals surface area contributed by atoms with E-state index in [0.29, 0.717) is 6.04 Å². The van der Waals surface area contributed by atoms with Crippen molar-refractivity contribution in [3.05, 3.63) is 57.8 Å². The first-order valence-electron chi connectivity index (χ1n) is 6.03. The van der Waals surface area contributed by atoms with Crippen LogP contribution in [-0.4, -0.2) is 11.0 Å². The van der Waals surface area contributed by atoms with Crippen LogP contribution in [0, 0.1) is 0 Å². The lowest BCUT2D eigenvalue weighted by Gasteiger charge is -2.13. The summed E-state index contributed by atoms with van der Waals surface area (Å²) in [6.07, 6.45) is 0. The Balaban J connectivity index is 2.00. The number of thiophene rings is 1. The van der Waals surface area contributed by atoms with E-state index in [4.69, 9.17) is 10.9 Å². The van der Waals surface area contributed by atoms with Gasteiger partial charge in [-0.25, -0.2) is 0 Å². The third kappa shape index (κ3) is 3.56. The van der Waals surface area contributed by atoms with E-state index < -0.39 is 0 Å². The monoisotopic (exact) mass is 275 g/mol. The average Bonchev–Trinajstić information content (AvgIpc) is 2.98. The number of oxime groups is 1. The third-order valence-electron chi connectivity index (χ3n) is 2.99. The Morgan fingerprint density at radius 1 is 1.47 bits per heavy atom. The fourth-order valence-electron chi connectivity index (χ4n) is 1.81. The van der Waals surface area contributed by atoms with Gasteiger partial charge in [0.2, 0.25) is 0 Å². The van der Waals surface area contributed by atoms with Crippen LogP contribution in [0.1, 0.15) is 29.7 Å². The number of hydrogen-bond acceptors (Lipinski definition) is 4. The van der Waals surface area contributed by atoms with Crippen LogP contribution in [0.2, 0.25) is 0 Å². The third-order valence-corrected chi connectivity index (χ3v) is 3.69. The lowest BCUT2D eigenvalue weighted by atomic mass is 10.1. The number of benzene rings is 1. The Hall–Kier alpha value is -1.85. The molecule has 0 aliphatic heterocycles. The molecule has 1 unspecified atom stereocenters. The summed E-state index contributed by atoms with van der Waals surface area (Å²) in [4.78, 5) is 0. The van der Waals surface area contributed by atoms with Crippen LogP contribution in [0.25, 0.3) is 0 Å². The molecule has 1 aromatic carbocycles. The minimum atomic E-state index is 0.132. The Morgan fingerprint density at radius 3 is 3.00 bits per heavy atom. The van der Waals surface area contributed by atoms with Crippen LogP contribution in [0.4, 0.5) is 0 Å². The molecule has 0 bridgehead atoms. The molecule has 0 aliphatic rings. The zero-order chi connectivity index (χ0) is 13.7. The van der Waals surface area contributed by atoms with Gasteiger partial charge in [-0.3, -0.25) is 0 Å². The molecule has 1 aromatic heterocycles. The van der Waals surface area contributed by atoms with Gasteiger partial charge in [-0.2, -0.15) is 11.3 Å². The van der Waals surface area contributed by atoms with Crippen LogP contribution < -0.4 is 11.1 Å². The van der Waals surface area contributed by atoms with Crippen LogP contribution in [0.15, 0.2) is 46.2 Å². The Bertz CT molecular complexity index is 552. The Labute approximate surface area is 116 Å². The average molecular weight is 275 g/mol. The summed E-state index contributed by atoms with van der Waals surface area (Å²) >= 11 is 1.70. The summed E-state index contributed by atoms with van der Waals surface area (Å²) in [7, 11) is 0. The first kappa shape index (κ1) is 13.6. The molecule has 1 atom stereocenters. The molecule has 0 amide bonds. The summed E-state index contributed by atoms with van der Waals surface area (Å²) < 4.78 is 0. The molecule has 0 radical (unpaired) electrons. The van der Waals surface area contributed by atoms with Gasteiger partial charge in [-0.1, -0.05) is 23.4 Å². The largest absolute Gasteiger partial charge is 0.409 e. The normalized spacial score (nSPS) is 13.4. The van der Waals surface area contributed by atoms with Gasteiger partial charge in [0.05, 0.1) is 0 Å². The van der Waals surface area contributed by atoms with Gasteiger partial charge in [-0.05, 0) is 40.9 Å². The summed E-state index contributed by atoms with van der Waals surface area (Å²) in [5, 5.41) is 19.4. The Morgan fingerprint density at radius 2 is 2.32 bits per heavy atom. The minimum absolute atomic E-state index is 0.132. The van der Waals surface area contributed by atoms with E-state index >= 15 is 0 Å². The summed E-state index contributed by atoms with van der Waals surface area (Å²) in [6, 6.07) is 10.1. The number of hydrogen-bond donors (Lipinski definition) is 3. The Kier molecular flexibility index (Phi) is 4.54. The van der Waals surface area contributed by atoms with E-state index in [2.05, 4.69) is 34.2 Å². The minimum Gasteiger partial charge on any atom is -0.409 e. The molecule has 0 saturated carbocycles. The smallest absolute Gasteiger partial charge is 0.170 e. The van der Waals surface area contributed by atoms with Crippen molar-refractivity contribution in [1.29, 1.82) is 0 Å². The molecule has 19 heavy (non-hydrogen) atoms. The maximum Gasteiger partial charge on any atom is 0.170 e. The number of nitrogens with zero attached hydrogens (tertiary/aromatic N) is 1. The number of amidine groups is 1. The summed E-state index contributed by atoms with van der Waals surface area (Å²) in [5.74, 6) is 0.132. The molecular formula is C14H17N3OS. The number of nitrogens with two attached hydrogens (primary N) is 1. The zero-order valence-corrected chi connectivity index (χ0v) is 11.5. The van der Waals surface area contributed by atoms with Crippen molar-refractivity contribution in [2.45, 2.75) is 19.5 Å². The van der Waals surface area contributed by atoms with Crippen molar-refractivity contribution < 1.29 is 5.21 Å². The van der Waals surface area contributed by atoms with E-state index in [0.717, 1.165) is 17.7 Å². The second kappa shape index (κ2) is 6.36. The maximum atomic E-state index is 8.67. The highest BCUT2D eigenvalue weighted by Crippen LogP contribution is 2.16. The van der Waals surface area contributed by atoms with Crippen molar-refractivity contribution >= 4 is 17.2 Å². The lowest BCUT2D eigenvalue weighted by Crippen LogP contribution is -2.18. The van der Waals surface area contributed by atoms with Gasteiger partial charge < -0.3 is 16.3 Å². The maximum absolute atomic E-state index is 8.67. The molecule has 2 rings (SSSR count). The number of nitrogens with one attached hydrogen (secondary N) is 1. The van der Waals surface area contributed by atoms with Crippen LogP contribution >= 0.6 is 11.3 Å². The molecule has 4 nitrogen and oxygen atoms in total. The molecule has 0 aliphatic carbocycles. The fourth-order valence-corrected chi connectivity index (χ4v) is 2.56. The second-order valence-corrected chi connectivity index (χ2v) is 5.12. The molecule has 2 aromatic rings. The van der Waals surface area contributed by atoms with Crippen molar-refractivity contribution in [1.82, 2.24) is 5.32 Å². The van der Waals surface area contributed by atoms with Crippen molar-refractivity contribution in [2.24, 2.45) is 10.9 Å². The predicted octanol–water partition coefficient (Wildman–Crippen LogP) is 2.69. The molecule has 100 valence electrons. The van der Waals surface area contributed by atoms with Crippen molar-refractivity contribution in [3.63, 3.8) is 0 Å². The SMILES string of the molecule is CC(NCc1cccc(C(N)=NO)c1)c1ccsc1. The van der Waals surface area contributed by atoms with E-state index in [-0.39, 0.29) is 5.84 Å². The predicted molar refractivity (Wildman–Crippen MR) is 78.5 cm³/mol. The zero-order valence-electron chi connectivity index (χ0n) is 10.7. The van der Waals surface area contributed by atoms with Crippen LogP contribution in [0.5, 0.6) is 0 Å². The van der Waals surface area contributed by atoms with Gasteiger partial charge in [0.1, 0.15) is 0 Å². The van der Waals surface area contributed by atoms with E-state index in [1.54, 1.807) is 11.3 Å². The molecule has 0 spiro atoms. The van der Waals surface area contributed by atoms with Crippen molar-refractivity contribution in [3.8, 4) is 0 Å². The van der Waals surface area contributed by atoms with E-state index in [9.17, 15) is 0 Å². The van der Waals surface area contributed by atoms with Gasteiger partial charge in [0.15, 0.2) is 5.84 Å². The van der Waals surface area contributed by atoms with Gasteiger partial charge in [0, 0.05) is 18.2 Å². The quantitative estimate of drug-likeness (QED) is 0.340. The van der Waals surface area contributed by atoms with Gasteiger partial charge >= 0.3 is 0 Å². The highest BCUT2D eigenvalue weighted by molar-refractivity contribution is 7.07. The topological polar surface area (TPSA) is 70.6 Å². The standard InChI is InChI=1S/C14H17N3OS/c1-10(13-5-6-19-9-13)16-8-11-3-2-4-12(7-11)14(15)17-18/h2-7,9-10,16,18H,8H2,1H3,(H2,15,17). The van der Waals surface area contributed by atoms with Gasteiger partial charge in [0.25, 0.3) is 0 Å². The summed E-state index contributed by atoms with van der Waals surface area (Å²) in [5.41, 5.74) is 8.70. The van der Waals surface area contributed by atoms with Crippen LogP contribution in [0.3, 0.4) is 0 Å². The fraction of sp³-hybridized carbons (Fsp3) is 0.214.